The molecule has 0 aliphatic carbocycles. The van der Waals surface area contributed by atoms with Crippen LogP contribution in [0.4, 0.5) is 5.69 Å². The van der Waals surface area contributed by atoms with Crippen LogP contribution in [0.2, 0.25) is 5.02 Å². The summed E-state index contributed by atoms with van der Waals surface area (Å²) < 4.78 is 5.15. The molecular formula is C26H24ClNO4. The van der Waals surface area contributed by atoms with E-state index in [9.17, 15) is 14.4 Å². The summed E-state index contributed by atoms with van der Waals surface area (Å²) in [4.78, 5) is 38.9. The molecule has 0 saturated heterocycles. The highest BCUT2D eigenvalue weighted by atomic mass is 35.5. The molecule has 3 aromatic rings. The molecule has 0 aromatic heterocycles. The van der Waals surface area contributed by atoms with E-state index in [0.29, 0.717) is 22.0 Å². The minimum absolute atomic E-state index is 0.00856. The van der Waals surface area contributed by atoms with Gasteiger partial charge in [-0.15, -0.1) is 0 Å². The van der Waals surface area contributed by atoms with Crippen molar-refractivity contribution in [3.63, 3.8) is 0 Å². The molecule has 0 bridgehead atoms. The number of methoxy groups -OCH3 is 1. The van der Waals surface area contributed by atoms with Crippen molar-refractivity contribution in [2.45, 2.75) is 19.3 Å². The predicted molar refractivity (Wildman–Crippen MR) is 125 cm³/mol. The van der Waals surface area contributed by atoms with Gasteiger partial charge in [0, 0.05) is 28.6 Å². The van der Waals surface area contributed by atoms with Crippen LogP contribution >= 0.6 is 11.6 Å². The first-order valence-electron chi connectivity index (χ1n) is 10.2. The van der Waals surface area contributed by atoms with Crippen LogP contribution in [-0.2, 0) is 9.59 Å². The molecule has 0 radical (unpaired) electrons. The number of benzene rings is 3. The van der Waals surface area contributed by atoms with Crippen molar-refractivity contribution in [1.29, 1.82) is 0 Å². The number of hydrogen-bond donors (Lipinski definition) is 1. The van der Waals surface area contributed by atoms with Crippen LogP contribution < -0.4 is 10.1 Å². The van der Waals surface area contributed by atoms with Gasteiger partial charge in [-0.05, 0) is 61.0 Å². The van der Waals surface area contributed by atoms with Crippen molar-refractivity contribution in [3.05, 3.63) is 95.0 Å². The van der Waals surface area contributed by atoms with Crippen molar-refractivity contribution < 1.29 is 19.1 Å². The lowest BCUT2D eigenvalue weighted by atomic mass is 9.79. The first kappa shape index (κ1) is 23.2. The second-order valence-corrected chi connectivity index (χ2v) is 7.89. The summed E-state index contributed by atoms with van der Waals surface area (Å²) >= 11 is 5.91. The van der Waals surface area contributed by atoms with Gasteiger partial charge in [-0.1, -0.05) is 41.9 Å². The second-order valence-electron chi connectivity index (χ2n) is 7.46. The fourth-order valence-corrected chi connectivity index (χ4v) is 3.75. The molecular weight excluding hydrogens is 426 g/mol. The molecule has 0 fully saturated rings. The third kappa shape index (κ3) is 5.83. The predicted octanol–water partition coefficient (Wildman–Crippen LogP) is 5.55. The van der Waals surface area contributed by atoms with Gasteiger partial charge >= 0.3 is 0 Å². The van der Waals surface area contributed by atoms with E-state index in [1.165, 1.54) is 6.92 Å². The molecule has 0 spiro atoms. The Labute approximate surface area is 192 Å². The average Bonchev–Trinajstić information content (AvgIpc) is 2.80. The standard InChI is InChI=1S/C26H24ClNO4/c1-17(29)25(26(31)28-21-12-10-20(27)11-13-21)23(18-6-4-3-5-7-18)16-24(30)19-8-14-22(32-2)15-9-19/h3-15,23,25H,16H2,1-2H3,(H,28,31). The van der Waals surface area contributed by atoms with Gasteiger partial charge in [-0.25, -0.2) is 0 Å². The number of carbonyl (C=O) groups excluding carboxylic acids is 3. The molecule has 2 unspecified atom stereocenters. The first-order chi connectivity index (χ1) is 15.4. The first-order valence-corrected chi connectivity index (χ1v) is 10.6. The minimum Gasteiger partial charge on any atom is -0.497 e. The van der Waals surface area contributed by atoms with Crippen molar-refractivity contribution in [2.75, 3.05) is 12.4 Å². The fourth-order valence-electron chi connectivity index (χ4n) is 3.63. The van der Waals surface area contributed by atoms with E-state index in [1.807, 2.05) is 30.3 Å². The molecule has 1 N–H and O–H groups in total. The van der Waals surface area contributed by atoms with E-state index in [1.54, 1.807) is 55.6 Å². The molecule has 32 heavy (non-hydrogen) atoms. The van der Waals surface area contributed by atoms with E-state index in [4.69, 9.17) is 16.3 Å². The topological polar surface area (TPSA) is 72.5 Å². The Kier molecular flexibility index (Phi) is 7.79. The summed E-state index contributed by atoms with van der Waals surface area (Å²) in [6.07, 6.45) is 0.00856. The normalized spacial score (nSPS) is 12.5. The molecule has 3 aromatic carbocycles. The lowest BCUT2D eigenvalue weighted by Gasteiger charge is -2.25. The number of Topliss-reactive ketones (excluding diaryl/α,β-unsaturated/α-hetero) is 2. The molecule has 5 nitrogen and oxygen atoms in total. The molecule has 3 rings (SSSR count). The minimum atomic E-state index is -1.03. The Hall–Kier alpha value is -3.44. The number of rotatable bonds is 9. The molecule has 0 heterocycles. The SMILES string of the molecule is COc1ccc(C(=O)CC(c2ccccc2)C(C(C)=O)C(=O)Nc2ccc(Cl)cc2)cc1. The number of carbonyl (C=O) groups is 3. The van der Waals surface area contributed by atoms with Crippen LogP contribution in [-0.4, -0.2) is 24.6 Å². The zero-order valence-corrected chi connectivity index (χ0v) is 18.6. The summed E-state index contributed by atoms with van der Waals surface area (Å²) in [5, 5.41) is 3.32. The summed E-state index contributed by atoms with van der Waals surface area (Å²) in [5.74, 6) is -1.94. The molecule has 0 aliphatic rings. The number of anilines is 1. The highest BCUT2D eigenvalue weighted by molar-refractivity contribution is 6.30. The van der Waals surface area contributed by atoms with Crippen molar-refractivity contribution in [3.8, 4) is 5.75 Å². The van der Waals surface area contributed by atoms with Gasteiger partial charge < -0.3 is 10.1 Å². The van der Waals surface area contributed by atoms with E-state index >= 15 is 0 Å². The van der Waals surface area contributed by atoms with Crippen molar-refractivity contribution in [1.82, 2.24) is 0 Å². The Morgan fingerprint density at radius 2 is 1.53 bits per heavy atom. The highest BCUT2D eigenvalue weighted by Gasteiger charge is 2.35. The molecule has 164 valence electrons. The quantitative estimate of drug-likeness (QED) is 0.343. The third-order valence-electron chi connectivity index (χ3n) is 5.28. The number of ether oxygens (including phenoxy) is 1. The van der Waals surface area contributed by atoms with Gasteiger partial charge in [0.25, 0.3) is 0 Å². The van der Waals surface area contributed by atoms with Crippen LogP contribution in [0.15, 0.2) is 78.9 Å². The largest absolute Gasteiger partial charge is 0.497 e. The summed E-state index contributed by atoms with van der Waals surface area (Å²) in [6, 6.07) is 22.6. The number of hydrogen-bond acceptors (Lipinski definition) is 4. The van der Waals surface area contributed by atoms with Crippen LogP contribution in [0.3, 0.4) is 0 Å². The van der Waals surface area contributed by atoms with Gasteiger partial charge in [-0.3, -0.25) is 14.4 Å². The number of halogens is 1. The van der Waals surface area contributed by atoms with Gasteiger partial charge in [-0.2, -0.15) is 0 Å². The Morgan fingerprint density at radius 1 is 0.906 bits per heavy atom. The summed E-state index contributed by atoms with van der Waals surface area (Å²) in [5.41, 5.74) is 1.77. The Balaban J connectivity index is 1.90. The van der Waals surface area contributed by atoms with E-state index in [0.717, 1.165) is 5.56 Å². The molecule has 2 atom stereocenters. The Bertz CT molecular complexity index is 1080. The molecule has 1 amide bonds. The van der Waals surface area contributed by atoms with Gasteiger partial charge in [0.2, 0.25) is 5.91 Å². The maximum Gasteiger partial charge on any atom is 0.235 e. The third-order valence-corrected chi connectivity index (χ3v) is 5.53. The second kappa shape index (κ2) is 10.7. The monoisotopic (exact) mass is 449 g/mol. The van der Waals surface area contributed by atoms with Crippen molar-refractivity contribution >= 4 is 34.8 Å². The summed E-state index contributed by atoms with van der Waals surface area (Å²) in [6.45, 7) is 1.37. The van der Waals surface area contributed by atoms with Gasteiger partial charge in [0.05, 0.1) is 7.11 Å². The van der Waals surface area contributed by atoms with Crippen LogP contribution in [0, 0.1) is 5.92 Å². The van der Waals surface area contributed by atoms with E-state index in [-0.39, 0.29) is 18.0 Å². The summed E-state index contributed by atoms with van der Waals surface area (Å²) in [7, 11) is 1.55. The maximum atomic E-state index is 13.2. The average molecular weight is 450 g/mol. The lowest BCUT2D eigenvalue weighted by Crippen LogP contribution is -2.34. The highest BCUT2D eigenvalue weighted by Crippen LogP contribution is 2.32. The van der Waals surface area contributed by atoms with Crippen LogP contribution in [0.25, 0.3) is 0 Å². The van der Waals surface area contributed by atoms with Gasteiger partial charge in [0.1, 0.15) is 17.5 Å². The number of nitrogens with one attached hydrogen (secondary N) is 1. The lowest BCUT2D eigenvalue weighted by molar-refractivity contribution is -0.130. The van der Waals surface area contributed by atoms with Crippen LogP contribution in [0.1, 0.15) is 35.2 Å². The zero-order chi connectivity index (χ0) is 23.1. The molecule has 0 aliphatic heterocycles. The van der Waals surface area contributed by atoms with Crippen LogP contribution in [0.5, 0.6) is 5.75 Å². The molecule has 6 heteroatoms. The van der Waals surface area contributed by atoms with Crippen molar-refractivity contribution in [2.24, 2.45) is 5.92 Å². The maximum absolute atomic E-state index is 13.2. The van der Waals surface area contributed by atoms with E-state index < -0.39 is 17.7 Å². The van der Waals surface area contributed by atoms with Gasteiger partial charge in [0.15, 0.2) is 5.78 Å². The fraction of sp³-hybridized carbons (Fsp3) is 0.192. The smallest absolute Gasteiger partial charge is 0.235 e. The Morgan fingerprint density at radius 3 is 2.09 bits per heavy atom. The molecule has 0 saturated carbocycles. The number of amides is 1. The number of ketones is 2. The zero-order valence-electron chi connectivity index (χ0n) is 17.9. The van der Waals surface area contributed by atoms with E-state index in [2.05, 4.69) is 5.32 Å².